The SMILES string of the molecule is O=C(NCCCCCO)C(=O)Nc1ccc2nc[nH]c2c1. The summed E-state index contributed by atoms with van der Waals surface area (Å²) in [5.41, 5.74) is 2.12. The Kier molecular flexibility index (Phi) is 5.28. The number of anilines is 1. The van der Waals surface area contributed by atoms with E-state index in [0.29, 0.717) is 18.7 Å². The van der Waals surface area contributed by atoms with Gasteiger partial charge < -0.3 is 20.7 Å². The van der Waals surface area contributed by atoms with Crippen molar-refractivity contribution in [3.05, 3.63) is 24.5 Å². The Morgan fingerprint density at radius 2 is 2.05 bits per heavy atom. The summed E-state index contributed by atoms with van der Waals surface area (Å²) in [6, 6.07) is 5.17. The second-order valence-corrected chi connectivity index (χ2v) is 4.63. The van der Waals surface area contributed by atoms with E-state index in [9.17, 15) is 9.59 Å². The number of aromatic nitrogens is 2. The fourth-order valence-electron chi connectivity index (χ4n) is 1.90. The average molecular weight is 290 g/mol. The highest BCUT2D eigenvalue weighted by Gasteiger charge is 2.13. The molecule has 0 bridgehead atoms. The first-order valence-corrected chi connectivity index (χ1v) is 6.84. The number of carbonyl (C=O) groups excluding carboxylic acids is 2. The molecule has 0 unspecified atom stereocenters. The lowest BCUT2D eigenvalue weighted by atomic mass is 10.2. The van der Waals surface area contributed by atoms with Gasteiger partial charge in [0.15, 0.2) is 0 Å². The van der Waals surface area contributed by atoms with E-state index < -0.39 is 11.8 Å². The standard InChI is InChI=1S/C14H18N4O3/c19-7-3-1-2-6-15-13(20)14(21)18-10-4-5-11-12(8-10)17-9-16-11/h4-5,8-9,19H,1-3,6-7H2,(H,15,20)(H,16,17)(H,18,21). The number of H-pyrrole nitrogens is 1. The first-order chi connectivity index (χ1) is 10.2. The van der Waals surface area contributed by atoms with Crippen LogP contribution < -0.4 is 10.6 Å². The van der Waals surface area contributed by atoms with E-state index >= 15 is 0 Å². The van der Waals surface area contributed by atoms with E-state index in [2.05, 4.69) is 20.6 Å². The summed E-state index contributed by atoms with van der Waals surface area (Å²) >= 11 is 0. The van der Waals surface area contributed by atoms with Crippen LogP contribution in [0.5, 0.6) is 0 Å². The van der Waals surface area contributed by atoms with Crippen molar-refractivity contribution >= 4 is 28.5 Å². The number of nitrogens with one attached hydrogen (secondary N) is 3. The normalized spacial score (nSPS) is 10.5. The smallest absolute Gasteiger partial charge is 0.313 e. The third-order valence-corrected chi connectivity index (χ3v) is 3.00. The molecule has 21 heavy (non-hydrogen) atoms. The van der Waals surface area contributed by atoms with Gasteiger partial charge in [-0.05, 0) is 37.5 Å². The monoisotopic (exact) mass is 290 g/mol. The Balaban J connectivity index is 1.81. The molecule has 0 saturated heterocycles. The van der Waals surface area contributed by atoms with Crippen molar-refractivity contribution in [1.82, 2.24) is 15.3 Å². The zero-order chi connectivity index (χ0) is 15.1. The first kappa shape index (κ1) is 15.0. The molecule has 0 aliphatic rings. The quantitative estimate of drug-likeness (QED) is 0.466. The van der Waals surface area contributed by atoms with Crippen LogP contribution in [0, 0.1) is 0 Å². The minimum absolute atomic E-state index is 0.143. The molecule has 0 saturated carbocycles. The maximum Gasteiger partial charge on any atom is 0.313 e. The molecule has 1 aromatic carbocycles. The summed E-state index contributed by atoms with van der Waals surface area (Å²) in [5, 5.41) is 13.7. The Hall–Kier alpha value is -2.41. The predicted molar refractivity (Wildman–Crippen MR) is 78.7 cm³/mol. The zero-order valence-electron chi connectivity index (χ0n) is 11.6. The Bertz CT molecular complexity index is 623. The van der Waals surface area contributed by atoms with Gasteiger partial charge in [-0.2, -0.15) is 0 Å². The van der Waals surface area contributed by atoms with Crippen LogP contribution in [0.1, 0.15) is 19.3 Å². The number of carbonyl (C=O) groups is 2. The molecule has 0 aliphatic heterocycles. The highest BCUT2D eigenvalue weighted by molar-refractivity contribution is 6.39. The summed E-state index contributed by atoms with van der Waals surface area (Å²) in [6.07, 6.45) is 3.82. The molecular formula is C14H18N4O3. The lowest BCUT2D eigenvalue weighted by molar-refractivity contribution is -0.136. The van der Waals surface area contributed by atoms with Crippen molar-refractivity contribution < 1.29 is 14.7 Å². The van der Waals surface area contributed by atoms with E-state index in [1.165, 1.54) is 0 Å². The number of fused-ring (bicyclic) bond motifs is 1. The van der Waals surface area contributed by atoms with E-state index in [-0.39, 0.29) is 6.61 Å². The molecule has 7 nitrogen and oxygen atoms in total. The van der Waals surface area contributed by atoms with Crippen LogP contribution in [-0.2, 0) is 9.59 Å². The minimum Gasteiger partial charge on any atom is -0.396 e. The van der Waals surface area contributed by atoms with Crippen molar-refractivity contribution in [2.45, 2.75) is 19.3 Å². The van der Waals surface area contributed by atoms with Gasteiger partial charge in [0.2, 0.25) is 0 Å². The van der Waals surface area contributed by atoms with E-state index in [4.69, 9.17) is 5.11 Å². The van der Waals surface area contributed by atoms with Crippen LogP contribution >= 0.6 is 0 Å². The minimum atomic E-state index is -0.698. The molecule has 0 atom stereocenters. The summed E-state index contributed by atoms with van der Waals surface area (Å²) in [4.78, 5) is 30.3. The van der Waals surface area contributed by atoms with Crippen molar-refractivity contribution in [2.24, 2.45) is 0 Å². The van der Waals surface area contributed by atoms with Crippen LogP contribution in [0.15, 0.2) is 24.5 Å². The second-order valence-electron chi connectivity index (χ2n) is 4.63. The molecule has 1 aromatic heterocycles. The van der Waals surface area contributed by atoms with Crippen molar-refractivity contribution in [2.75, 3.05) is 18.5 Å². The van der Waals surface area contributed by atoms with Crippen LogP contribution in [0.3, 0.4) is 0 Å². The fraction of sp³-hybridized carbons (Fsp3) is 0.357. The first-order valence-electron chi connectivity index (χ1n) is 6.84. The number of hydrogen-bond donors (Lipinski definition) is 4. The number of hydrogen-bond acceptors (Lipinski definition) is 4. The molecule has 2 aromatic rings. The highest BCUT2D eigenvalue weighted by Crippen LogP contribution is 2.15. The van der Waals surface area contributed by atoms with Crippen LogP contribution in [0.4, 0.5) is 5.69 Å². The molecule has 0 spiro atoms. The third kappa shape index (κ3) is 4.28. The zero-order valence-corrected chi connectivity index (χ0v) is 11.6. The van der Waals surface area contributed by atoms with E-state index in [1.54, 1.807) is 24.5 Å². The molecule has 1 heterocycles. The molecule has 4 N–H and O–H groups in total. The summed E-state index contributed by atoms with van der Waals surface area (Å²) in [5.74, 6) is -1.36. The Morgan fingerprint density at radius 3 is 2.86 bits per heavy atom. The molecule has 0 radical (unpaired) electrons. The number of imidazole rings is 1. The van der Waals surface area contributed by atoms with Crippen molar-refractivity contribution in [3.8, 4) is 0 Å². The topological polar surface area (TPSA) is 107 Å². The Labute approximate surface area is 121 Å². The van der Waals surface area contributed by atoms with Gasteiger partial charge in [-0.3, -0.25) is 9.59 Å². The van der Waals surface area contributed by atoms with Crippen LogP contribution in [0.2, 0.25) is 0 Å². The van der Waals surface area contributed by atoms with Gasteiger partial charge in [0.25, 0.3) is 0 Å². The number of unbranched alkanes of at least 4 members (excludes halogenated alkanes) is 2. The van der Waals surface area contributed by atoms with Crippen molar-refractivity contribution in [3.63, 3.8) is 0 Å². The number of benzene rings is 1. The maximum absolute atomic E-state index is 11.7. The molecule has 2 amide bonds. The number of aliphatic hydroxyl groups excluding tert-OH is 1. The Morgan fingerprint density at radius 1 is 1.19 bits per heavy atom. The molecule has 0 aliphatic carbocycles. The lowest BCUT2D eigenvalue weighted by Crippen LogP contribution is -2.35. The van der Waals surface area contributed by atoms with Gasteiger partial charge >= 0.3 is 11.8 Å². The second kappa shape index (κ2) is 7.39. The molecular weight excluding hydrogens is 272 g/mol. The lowest BCUT2D eigenvalue weighted by Gasteiger charge is -2.06. The predicted octanol–water partition coefficient (Wildman–Crippen LogP) is 0.780. The van der Waals surface area contributed by atoms with E-state index in [1.807, 2.05) is 0 Å². The largest absolute Gasteiger partial charge is 0.396 e. The van der Waals surface area contributed by atoms with Gasteiger partial charge in [0.1, 0.15) is 0 Å². The van der Waals surface area contributed by atoms with Gasteiger partial charge in [-0.1, -0.05) is 0 Å². The van der Waals surface area contributed by atoms with Crippen LogP contribution in [-0.4, -0.2) is 40.0 Å². The summed E-state index contributed by atoms with van der Waals surface area (Å²) < 4.78 is 0. The summed E-state index contributed by atoms with van der Waals surface area (Å²) in [6.45, 7) is 0.566. The van der Waals surface area contributed by atoms with Gasteiger partial charge in [-0.15, -0.1) is 0 Å². The number of amides is 2. The third-order valence-electron chi connectivity index (χ3n) is 3.00. The van der Waals surface area contributed by atoms with Crippen molar-refractivity contribution in [1.29, 1.82) is 0 Å². The molecule has 7 heteroatoms. The molecule has 0 fully saturated rings. The van der Waals surface area contributed by atoms with Gasteiger partial charge in [0.05, 0.1) is 17.4 Å². The van der Waals surface area contributed by atoms with E-state index in [0.717, 1.165) is 23.9 Å². The number of nitrogens with zero attached hydrogens (tertiary/aromatic N) is 1. The number of aliphatic hydroxyl groups is 1. The van der Waals surface area contributed by atoms with Crippen LogP contribution in [0.25, 0.3) is 11.0 Å². The highest BCUT2D eigenvalue weighted by atomic mass is 16.3. The average Bonchev–Trinajstić information content (AvgIpc) is 2.94. The summed E-state index contributed by atoms with van der Waals surface area (Å²) in [7, 11) is 0. The number of rotatable bonds is 6. The molecule has 2 rings (SSSR count). The fourth-order valence-corrected chi connectivity index (χ4v) is 1.90. The van der Waals surface area contributed by atoms with Gasteiger partial charge in [-0.25, -0.2) is 4.98 Å². The maximum atomic E-state index is 11.7. The molecule has 112 valence electrons. The van der Waals surface area contributed by atoms with Gasteiger partial charge in [0, 0.05) is 18.8 Å². The number of aromatic amines is 1.